The van der Waals surface area contributed by atoms with Crippen LogP contribution in [-0.4, -0.2) is 5.91 Å². The maximum atomic E-state index is 13.7. The summed E-state index contributed by atoms with van der Waals surface area (Å²) < 4.78 is 27.0. The molecule has 0 radical (unpaired) electrons. The number of benzene rings is 2. The smallest absolute Gasteiger partial charge is 0.250 e. The number of rotatable bonds is 3. The first-order chi connectivity index (χ1) is 9.40. The van der Waals surface area contributed by atoms with E-state index in [2.05, 4.69) is 21.2 Å². The number of nitrogen functional groups attached to an aromatic ring is 1. The van der Waals surface area contributed by atoms with Gasteiger partial charge in [0, 0.05) is 6.07 Å². The largest absolute Gasteiger partial charge is 0.397 e. The van der Waals surface area contributed by atoms with Gasteiger partial charge in [0.05, 0.1) is 27.1 Å². The van der Waals surface area contributed by atoms with Gasteiger partial charge in [0.25, 0.3) is 5.91 Å². The van der Waals surface area contributed by atoms with Gasteiger partial charge in [0.2, 0.25) is 0 Å². The average molecular weight is 342 g/mol. The Balaban J connectivity index is 2.50. The van der Waals surface area contributed by atoms with E-state index in [1.807, 2.05) is 0 Å². The van der Waals surface area contributed by atoms with Crippen molar-refractivity contribution in [3.05, 3.63) is 52.0 Å². The fourth-order valence-electron chi connectivity index (χ4n) is 1.67. The van der Waals surface area contributed by atoms with Crippen LogP contribution in [0.15, 0.2) is 34.8 Å². The first-order valence-corrected chi connectivity index (χ1v) is 6.29. The van der Waals surface area contributed by atoms with Crippen molar-refractivity contribution in [1.29, 1.82) is 0 Å². The Morgan fingerprint density at radius 1 is 1.20 bits per heavy atom. The van der Waals surface area contributed by atoms with Gasteiger partial charge in [-0.05, 0) is 34.1 Å². The lowest BCUT2D eigenvalue weighted by molar-refractivity contribution is 0.100. The summed E-state index contributed by atoms with van der Waals surface area (Å²) in [7, 11) is 0. The number of amides is 1. The molecule has 20 heavy (non-hydrogen) atoms. The van der Waals surface area contributed by atoms with Crippen LogP contribution in [0.5, 0.6) is 0 Å². The summed E-state index contributed by atoms with van der Waals surface area (Å²) in [5.41, 5.74) is 11.5. The third-order valence-corrected chi connectivity index (χ3v) is 3.24. The highest BCUT2D eigenvalue weighted by Crippen LogP contribution is 2.31. The standard InChI is InChI=1S/C13H10BrF2N3O/c14-7-4-11(9(16)5-8(7)15)19-12-6(13(18)20)2-1-3-10(12)17/h1-5,19H,17H2,(H2,18,20). The van der Waals surface area contributed by atoms with Gasteiger partial charge in [-0.2, -0.15) is 0 Å². The van der Waals surface area contributed by atoms with E-state index >= 15 is 0 Å². The van der Waals surface area contributed by atoms with Gasteiger partial charge >= 0.3 is 0 Å². The van der Waals surface area contributed by atoms with Gasteiger partial charge < -0.3 is 16.8 Å². The van der Waals surface area contributed by atoms with Crippen molar-refractivity contribution in [2.24, 2.45) is 5.73 Å². The highest BCUT2D eigenvalue weighted by Gasteiger charge is 2.14. The molecule has 2 aromatic rings. The predicted molar refractivity (Wildman–Crippen MR) is 76.7 cm³/mol. The molecule has 0 unspecified atom stereocenters. The molecule has 2 aromatic carbocycles. The molecule has 104 valence electrons. The fourth-order valence-corrected chi connectivity index (χ4v) is 2.01. The number of halogens is 3. The monoisotopic (exact) mass is 341 g/mol. The van der Waals surface area contributed by atoms with E-state index in [9.17, 15) is 13.6 Å². The molecule has 0 spiro atoms. The Labute approximate surface area is 121 Å². The van der Waals surface area contributed by atoms with Gasteiger partial charge in [-0.15, -0.1) is 0 Å². The van der Waals surface area contributed by atoms with E-state index in [4.69, 9.17) is 11.5 Å². The molecular formula is C13H10BrF2N3O. The summed E-state index contributed by atoms with van der Waals surface area (Å²) in [6.45, 7) is 0. The summed E-state index contributed by atoms with van der Waals surface area (Å²) >= 11 is 2.95. The Kier molecular flexibility index (Phi) is 3.89. The molecule has 0 aliphatic carbocycles. The lowest BCUT2D eigenvalue weighted by Gasteiger charge is -2.14. The van der Waals surface area contributed by atoms with Crippen LogP contribution in [0, 0.1) is 11.6 Å². The summed E-state index contributed by atoms with van der Waals surface area (Å²) in [6, 6.07) is 6.47. The van der Waals surface area contributed by atoms with Crippen molar-refractivity contribution in [2.75, 3.05) is 11.1 Å². The third kappa shape index (κ3) is 2.72. The van der Waals surface area contributed by atoms with Crippen LogP contribution in [0.3, 0.4) is 0 Å². The Morgan fingerprint density at radius 2 is 1.90 bits per heavy atom. The maximum absolute atomic E-state index is 13.7. The molecule has 0 saturated carbocycles. The van der Waals surface area contributed by atoms with Crippen molar-refractivity contribution in [2.45, 2.75) is 0 Å². The van der Waals surface area contributed by atoms with Crippen molar-refractivity contribution in [3.63, 3.8) is 0 Å². The van der Waals surface area contributed by atoms with Crippen LogP contribution in [0.25, 0.3) is 0 Å². The molecule has 5 N–H and O–H groups in total. The zero-order valence-corrected chi connectivity index (χ0v) is 11.7. The second-order valence-electron chi connectivity index (χ2n) is 4.01. The molecule has 2 rings (SSSR count). The van der Waals surface area contributed by atoms with Crippen LogP contribution < -0.4 is 16.8 Å². The second-order valence-corrected chi connectivity index (χ2v) is 4.86. The van der Waals surface area contributed by atoms with Gasteiger partial charge in [0.1, 0.15) is 11.6 Å². The molecule has 0 atom stereocenters. The summed E-state index contributed by atoms with van der Waals surface area (Å²) in [6.07, 6.45) is 0. The Hall–Kier alpha value is -2.15. The first-order valence-electron chi connectivity index (χ1n) is 5.50. The highest BCUT2D eigenvalue weighted by atomic mass is 79.9. The van der Waals surface area contributed by atoms with Crippen LogP contribution >= 0.6 is 15.9 Å². The van der Waals surface area contributed by atoms with E-state index in [1.54, 1.807) is 6.07 Å². The molecule has 0 fully saturated rings. The molecule has 4 nitrogen and oxygen atoms in total. The SMILES string of the molecule is NC(=O)c1cccc(N)c1Nc1cc(Br)c(F)cc1F. The highest BCUT2D eigenvalue weighted by molar-refractivity contribution is 9.10. The van der Waals surface area contributed by atoms with Crippen molar-refractivity contribution >= 4 is 38.9 Å². The van der Waals surface area contributed by atoms with Gasteiger partial charge in [-0.3, -0.25) is 4.79 Å². The van der Waals surface area contributed by atoms with E-state index in [-0.39, 0.29) is 27.1 Å². The average Bonchev–Trinajstić information content (AvgIpc) is 2.37. The number of para-hydroxylation sites is 1. The molecule has 0 heterocycles. The summed E-state index contributed by atoms with van der Waals surface area (Å²) in [5.74, 6) is -2.25. The van der Waals surface area contributed by atoms with E-state index in [0.717, 1.165) is 6.07 Å². The van der Waals surface area contributed by atoms with E-state index in [0.29, 0.717) is 0 Å². The van der Waals surface area contributed by atoms with Crippen LogP contribution in [0.4, 0.5) is 25.8 Å². The predicted octanol–water partition coefficient (Wildman–Crippen LogP) is 3.15. The number of anilines is 3. The van der Waals surface area contributed by atoms with E-state index in [1.165, 1.54) is 18.2 Å². The van der Waals surface area contributed by atoms with Crippen LogP contribution in [0.2, 0.25) is 0 Å². The summed E-state index contributed by atoms with van der Waals surface area (Å²) in [5, 5.41) is 2.66. The number of hydrogen-bond donors (Lipinski definition) is 3. The minimum absolute atomic E-state index is 0.0290. The number of hydrogen-bond acceptors (Lipinski definition) is 3. The normalized spacial score (nSPS) is 10.3. The number of primary amides is 1. The zero-order valence-electron chi connectivity index (χ0n) is 10.1. The van der Waals surface area contributed by atoms with Crippen LogP contribution in [-0.2, 0) is 0 Å². The molecule has 0 saturated heterocycles. The number of nitrogens with two attached hydrogens (primary N) is 2. The quantitative estimate of drug-likeness (QED) is 0.592. The van der Waals surface area contributed by atoms with Crippen LogP contribution in [0.1, 0.15) is 10.4 Å². The topological polar surface area (TPSA) is 81.1 Å². The van der Waals surface area contributed by atoms with Gasteiger partial charge in [-0.25, -0.2) is 8.78 Å². The number of carbonyl (C=O) groups is 1. The van der Waals surface area contributed by atoms with Gasteiger partial charge in [-0.1, -0.05) is 6.07 Å². The Morgan fingerprint density at radius 3 is 2.55 bits per heavy atom. The molecule has 7 heteroatoms. The summed E-state index contributed by atoms with van der Waals surface area (Å²) in [4.78, 5) is 11.3. The van der Waals surface area contributed by atoms with Crippen molar-refractivity contribution < 1.29 is 13.6 Å². The maximum Gasteiger partial charge on any atom is 0.250 e. The third-order valence-electron chi connectivity index (χ3n) is 2.63. The van der Waals surface area contributed by atoms with E-state index < -0.39 is 17.5 Å². The number of carbonyl (C=O) groups excluding carboxylic acids is 1. The zero-order chi connectivity index (χ0) is 14.9. The number of nitrogens with one attached hydrogen (secondary N) is 1. The lowest BCUT2D eigenvalue weighted by Crippen LogP contribution is -2.14. The molecule has 0 bridgehead atoms. The molecule has 0 aromatic heterocycles. The van der Waals surface area contributed by atoms with Crippen molar-refractivity contribution in [3.8, 4) is 0 Å². The molecule has 1 amide bonds. The lowest BCUT2D eigenvalue weighted by atomic mass is 10.1. The van der Waals surface area contributed by atoms with Crippen molar-refractivity contribution in [1.82, 2.24) is 0 Å². The minimum atomic E-state index is -0.815. The first kappa shape index (κ1) is 14.3. The second kappa shape index (κ2) is 5.46. The molecule has 0 aliphatic heterocycles. The fraction of sp³-hybridized carbons (Fsp3) is 0. The Bertz CT molecular complexity index is 692. The van der Waals surface area contributed by atoms with Gasteiger partial charge in [0.15, 0.2) is 0 Å². The minimum Gasteiger partial charge on any atom is -0.397 e. The molecular weight excluding hydrogens is 332 g/mol. The molecule has 0 aliphatic rings.